The Balaban J connectivity index is 0.00000149. The summed E-state index contributed by atoms with van der Waals surface area (Å²) in [5.74, 6) is -1.21. The molecule has 4 rings (SSSR count). The van der Waals surface area contributed by atoms with Gasteiger partial charge in [0.1, 0.15) is 0 Å². The molecule has 10 heteroatoms. The molecule has 2 amide bonds. The Morgan fingerprint density at radius 1 is 1.03 bits per heavy atom. The standard InChI is InChI=1S/C21H20N8O2.C2H6/c1-12-9-15(14-7-8-29(16(14)10-12)13-5-3-2-4-6-13)25-20-18(19(23)31)27-28-21(26-20)24-11-17(22)30;1-2/h2-10H,11H2,1H3,(H2,22,30)(H2,23,31)(H2,24,25,26,28);1-2H3. The number of aromatic nitrogens is 4. The molecule has 6 N–H and O–H groups in total. The van der Waals surface area contributed by atoms with Crippen LogP contribution in [0, 0.1) is 6.92 Å². The maximum absolute atomic E-state index is 11.9. The van der Waals surface area contributed by atoms with Crippen molar-refractivity contribution in [2.75, 3.05) is 17.2 Å². The summed E-state index contributed by atoms with van der Waals surface area (Å²) in [6, 6.07) is 15.9. The van der Waals surface area contributed by atoms with E-state index >= 15 is 0 Å². The molecule has 0 fully saturated rings. The lowest BCUT2D eigenvalue weighted by Gasteiger charge is -2.13. The quantitative estimate of drug-likeness (QED) is 0.340. The van der Waals surface area contributed by atoms with E-state index in [9.17, 15) is 9.59 Å². The molecule has 10 nitrogen and oxygen atoms in total. The number of nitrogens with two attached hydrogens (primary N) is 2. The van der Waals surface area contributed by atoms with E-state index < -0.39 is 11.8 Å². The largest absolute Gasteiger partial charge is 0.368 e. The molecule has 2 heterocycles. The molecule has 0 unspecified atom stereocenters. The van der Waals surface area contributed by atoms with E-state index in [2.05, 4.69) is 36.4 Å². The van der Waals surface area contributed by atoms with Crippen molar-refractivity contribution in [3.63, 3.8) is 0 Å². The van der Waals surface area contributed by atoms with E-state index in [1.165, 1.54) is 0 Å². The van der Waals surface area contributed by atoms with E-state index in [1.54, 1.807) is 0 Å². The number of nitrogens with zero attached hydrogens (tertiary/aromatic N) is 4. The van der Waals surface area contributed by atoms with Gasteiger partial charge in [0, 0.05) is 23.0 Å². The lowest BCUT2D eigenvalue weighted by atomic mass is 10.1. The lowest BCUT2D eigenvalue weighted by molar-refractivity contribution is -0.116. The SMILES string of the molecule is CC.Cc1cc(Nc2nc(NCC(N)=O)nnc2C(N)=O)c2ccn(-c3ccccc3)c2c1. The van der Waals surface area contributed by atoms with Crippen LogP contribution in [0.15, 0.2) is 54.7 Å². The number of benzene rings is 2. The number of rotatable bonds is 7. The summed E-state index contributed by atoms with van der Waals surface area (Å²) < 4.78 is 2.07. The van der Waals surface area contributed by atoms with Crippen LogP contribution in [0.25, 0.3) is 16.6 Å². The fourth-order valence-corrected chi connectivity index (χ4v) is 3.25. The van der Waals surface area contributed by atoms with Crippen LogP contribution in [0.3, 0.4) is 0 Å². The Morgan fingerprint density at radius 2 is 1.76 bits per heavy atom. The summed E-state index contributed by atoms with van der Waals surface area (Å²) in [6.45, 7) is 5.80. The van der Waals surface area contributed by atoms with E-state index in [0.29, 0.717) is 5.69 Å². The van der Waals surface area contributed by atoms with E-state index in [-0.39, 0.29) is 24.0 Å². The molecule has 0 saturated heterocycles. The van der Waals surface area contributed by atoms with Crippen molar-refractivity contribution in [3.8, 4) is 5.69 Å². The van der Waals surface area contributed by atoms with Gasteiger partial charge in [-0.15, -0.1) is 10.2 Å². The second kappa shape index (κ2) is 10.2. The van der Waals surface area contributed by atoms with Crippen molar-refractivity contribution in [3.05, 3.63) is 66.0 Å². The number of carbonyl (C=O) groups excluding carboxylic acids is 2. The predicted molar refractivity (Wildman–Crippen MR) is 129 cm³/mol. The lowest BCUT2D eigenvalue weighted by Crippen LogP contribution is -2.24. The number of hydrogen-bond acceptors (Lipinski definition) is 7. The van der Waals surface area contributed by atoms with Crippen LogP contribution in [0.2, 0.25) is 0 Å². The number of primary amides is 2. The van der Waals surface area contributed by atoms with Gasteiger partial charge in [0.2, 0.25) is 11.9 Å². The van der Waals surface area contributed by atoms with Crippen molar-refractivity contribution < 1.29 is 9.59 Å². The van der Waals surface area contributed by atoms with Crippen LogP contribution >= 0.6 is 0 Å². The predicted octanol–water partition coefficient (Wildman–Crippen LogP) is 2.89. The van der Waals surface area contributed by atoms with Gasteiger partial charge in [-0.2, -0.15) is 4.98 Å². The van der Waals surface area contributed by atoms with Crippen molar-refractivity contribution in [2.24, 2.45) is 11.5 Å². The van der Waals surface area contributed by atoms with Crippen LogP contribution in [0.1, 0.15) is 29.9 Å². The topological polar surface area (TPSA) is 154 Å². The highest BCUT2D eigenvalue weighted by molar-refractivity contribution is 5.99. The number of nitrogens with one attached hydrogen (secondary N) is 2. The molecule has 0 spiro atoms. The Hall–Kier alpha value is -4.47. The third-order valence-corrected chi connectivity index (χ3v) is 4.58. The molecule has 0 radical (unpaired) electrons. The minimum atomic E-state index is -0.783. The van der Waals surface area contributed by atoms with E-state index in [1.807, 2.05) is 69.4 Å². The van der Waals surface area contributed by atoms with Crippen LogP contribution in [-0.4, -0.2) is 38.1 Å². The van der Waals surface area contributed by atoms with Gasteiger partial charge in [-0.3, -0.25) is 9.59 Å². The fourth-order valence-electron chi connectivity index (χ4n) is 3.25. The van der Waals surface area contributed by atoms with Crippen molar-refractivity contribution in [2.45, 2.75) is 20.8 Å². The molecular weight excluding hydrogens is 420 g/mol. The average Bonchev–Trinajstić information content (AvgIpc) is 3.23. The van der Waals surface area contributed by atoms with Crippen molar-refractivity contribution in [1.82, 2.24) is 19.7 Å². The summed E-state index contributed by atoms with van der Waals surface area (Å²) in [7, 11) is 0. The Morgan fingerprint density at radius 3 is 2.42 bits per heavy atom. The highest BCUT2D eigenvalue weighted by Crippen LogP contribution is 2.31. The molecule has 33 heavy (non-hydrogen) atoms. The first-order valence-electron chi connectivity index (χ1n) is 10.4. The third kappa shape index (κ3) is 5.24. The van der Waals surface area contributed by atoms with Gasteiger partial charge in [0.15, 0.2) is 11.5 Å². The van der Waals surface area contributed by atoms with Gasteiger partial charge in [-0.1, -0.05) is 32.0 Å². The van der Waals surface area contributed by atoms with Crippen molar-refractivity contribution >= 4 is 40.2 Å². The van der Waals surface area contributed by atoms with Gasteiger partial charge in [0.05, 0.1) is 12.1 Å². The van der Waals surface area contributed by atoms with Crippen LogP contribution in [0.4, 0.5) is 17.5 Å². The van der Waals surface area contributed by atoms with Crippen LogP contribution in [-0.2, 0) is 4.79 Å². The number of fused-ring (bicyclic) bond motifs is 1. The highest BCUT2D eigenvalue weighted by Gasteiger charge is 2.17. The second-order valence-electron chi connectivity index (χ2n) is 6.91. The normalized spacial score (nSPS) is 10.3. The zero-order chi connectivity index (χ0) is 24.0. The van der Waals surface area contributed by atoms with Crippen LogP contribution in [0.5, 0.6) is 0 Å². The molecule has 0 saturated carbocycles. The van der Waals surface area contributed by atoms with Crippen LogP contribution < -0.4 is 22.1 Å². The maximum atomic E-state index is 11.9. The summed E-state index contributed by atoms with van der Waals surface area (Å²) in [4.78, 5) is 27.1. The molecule has 170 valence electrons. The number of carbonyl (C=O) groups is 2. The Bertz CT molecular complexity index is 1280. The first-order chi connectivity index (χ1) is 15.9. The molecule has 0 aliphatic rings. The maximum Gasteiger partial charge on any atom is 0.273 e. The fraction of sp³-hybridized carbons (Fsp3) is 0.174. The summed E-state index contributed by atoms with van der Waals surface area (Å²) >= 11 is 0. The van der Waals surface area contributed by atoms with Gasteiger partial charge in [0.25, 0.3) is 5.91 Å². The smallest absolute Gasteiger partial charge is 0.273 e. The van der Waals surface area contributed by atoms with E-state index in [0.717, 1.165) is 22.2 Å². The molecule has 0 aliphatic heterocycles. The summed E-state index contributed by atoms with van der Waals surface area (Å²) in [5, 5.41) is 14.3. The number of para-hydroxylation sites is 1. The summed E-state index contributed by atoms with van der Waals surface area (Å²) in [5.41, 5.74) is 14.2. The first kappa shape index (κ1) is 23.2. The number of aryl methyl sites for hydroxylation is 1. The van der Waals surface area contributed by atoms with E-state index in [4.69, 9.17) is 11.5 Å². The molecule has 2 aromatic heterocycles. The Labute approximate surface area is 191 Å². The number of hydrogen-bond donors (Lipinski definition) is 4. The molecule has 0 aliphatic carbocycles. The number of anilines is 3. The molecular formula is C23H26N8O2. The second-order valence-corrected chi connectivity index (χ2v) is 6.91. The molecule has 2 aromatic carbocycles. The van der Waals surface area contributed by atoms with Gasteiger partial charge in [-0.05, 0) is 42.8 Å². The molecule has 0 bridgehead atoms. The first-order valence-corrected chi connectivity index (χ1v) is 10.4. The molecule has 4 aromatic rings. The minimum absolute atomic E-state index is 0.0389. The van der Waals surface area contributed by atoms with Gasteiger partial charge < -0.3 is 26.7 Å². The van der Waals surface area contributed by atoms with Crippen molar-refractivity contribution in [1.29, 1.82) is 0 Å². The third-order valence-electron chi connectivity index (χ3n) is 4.58. The average molecular weight is 447 g/mol. The summed E-state index contributed by atoms with van der Waals surface area (Å²) in [6.07, 6.45) is 1.97. The zero-order valence-electron chi connectivity index (χ0n) is 18.7. The highest BCUT2D eigenvalue weighted by atomic mass is 16.1. The number of amides is 2. The minimum Gasteiger partial charge on any atom is -0.368 e. The zero-order valence-corrected chi connectivity index (χ0v) is 18.7. The Kier molecular flexibility index (Phi) is 7.19. The monoisotopic (exact) mass is 446 g/mol. The van der Waals surface area contributed by atoms with Gasteiger partial charge >= 0.3 is 0 Å². The van der Waals surface area contributed by atoms with Gasteiger partial charge in [-0.25, -0.2) is 0 Å². The molecule has 0 atom stereocenters.